The van der Waals surface area contributed by atoms with Crippen LogP contribution in [-0.2, 0) is 4.74 Å². The van der Waals surface area contributed by atoms with Crippen LogP contribution in [0.2, 0.25) is 5.02 Å². The van der Waals surface area contributed by atoms with Crippen LogP contribution < -0.4 is 10.1 Å². The SMILES string of the molecule is Cc1cc(C)nc(NC(=O)N2CCOC(COc3cc(F)ccc3Cl)C2)c1. The molecule has 1 saturated heterocycles. The minimum Gasteiger partial charge on any atom is -0.489 e. The molecule has 2 heterocycles. The highest BCUT2D eigenvalue weighted by molar-refractivity contribution is 6.32. The molecule has 6 nitrogen and oxygen atoms in total. The zero-order chi connectivity index (χ0) is 19.4. The number of amides is 2. The van der Waals surface area contributed by atoms with Crippen molar-refractivity contribution in [3.8, 4) is 5.75 Å². The van der Waals surface area contributed by atoms with Crippen molar-refractivity contribution in [1.82, 2.24) is 9.88 Å². The van der Waals surface area contributed by atoms with Crippen molar-refractivity contribution in [2.75, 3.05) is 31.6 Å². The number of hydrogen-bond acceptors (Lipinski definition) is 4. The number of carbonyl (C=O) groups excluding carboxylic acids is 1. The number of nitrogens with zero attached hydrogens (tertiary/aromatic N) is 2. The monoisotopic (exact) mass is 393 g/mol. The number of morpholine rings is 1. The van der Waals surface area contributed by atoms with E-state index in [-0.39, 0.29) is 24.5 Å². The summed E-state index contributed by atoms with van der Waals surface area (Å²) in [5, 5.41) is 3.13. The number of halogens is 2. The van der Waals surface area contributed by atoms with Gasteiger partial charge in [-0.1, -0.05) is 11.6 Å². The number of carbonyl (C=O) groups is 1. The van der Waals surface area contributed by atoms with Crippen LogP contribution in [0.4, 0.5) is 15.0 Å². The Bertz CT molecular complexity index is 814. The third-order valence-corrected chi connectivity index (χ3v) is 4.39. The first-order valence-corrected chi connectivity index (χ1v) is 8.99. The molecule has 0 saturated carbocycles. The van der Waals surface area contributed by atoms with Gasteiger partial charge in [0.05, 0.1) is 18.2 Å². The number of nitrogens with one attached hydrogen (secondary N) is 1. The third kappa shape index (κ3) is 5.30. The minimum atomic E-state index is -0.430. The fraction of sp³-hybridized carbons (Fsp3) is 0.368. The molecule has 1 atom stereocenters. The molecule has 3 rings (SSSR count). The van der Waals surface area contributed by atoms with E-state index in [1.807, 2.05) is 26.0 Å². The topological polar surface area (TPSA) is 63.7 Å². The van der Waals surface area contributed by atoms with Crippen LogP contribution in [0.3, 0.4) is 0 Å². The van der Waals surface area contributed by atoms with E-state index in [4.69, 9.17) is 21.1 Å². The number of aryl methyl sites for hydroxylation is 2. The summed E-state index contributed by atoms with van der Waals surface area (Å²) in [7, 11) is 0. The third-order valence-electron chi connectivity index (χ3n) is 4.08. The number of rotatable bonds is 4. The Kier molecular flexibility index (Phi) is 6.13. The van der Waals surface area contributed by atoms with E-state index in [1.54, 1.807) is 4.90 Å². The molecule has 0 bridgehead atoms. The van der Waals surface area contributed by atoms with Gasteiger partial charge in [0.1, 0.15) is 30.1 Å². The fourth-order valence-corrected chi connectivity index (χ4v) is 3.04. The van der Waals surface area contributed by atoms with Crippen molar-refractivity contribution in [2.45, 2.75) is 20.0 Å². The van der Waals surface area contributed by atoms with Gasteiger partial charge >= 0.3 is 6.03 Å². The first-order valence-electron chi connectivity index (χ1n) is 8.61. The van der Waals surface area contributed by atoms with Gasteiger partial charge in [-0.15, -0.1) is 0 Å². The van der Waals surface area contributed by atoms with Gasteiger partial charge < -0.3 is 14.4 Å². The molecule has 1 aliphatic heterocycles. The highest BCUT2D eigenvalue weighted by atomic mass is 35.5. The maximum atomic E-state index is 13.3. The van der Waals surface area contributed by atoms with Crippen LogP contribution in [0.15, 0.2) is 30.3 Å². The number of hydrogen-bond donors (Lipinski definition) is 1. The second kappa shape index (κ2) is 8.54. The lowest BCUT2D eigenvalue weighted by Crippen LogP contribution is -2.49. The first-order chi connectivity index (χ1) is 12.9. The van der Waals surface area contributed by atoms with Crippen LogP contribution in [0.1, 0.15) is 11.3 Å². The van der Waals surface area contributed by atoms with Crippen molar-refractivity contribution in [3.63, 3.8) is 0 Å². The lowest BCUT2D eigenvalue weighted by Gasteiger charge is -2.32. The molecule has 1 aliphatic rings. The zero-order valence-electron chi connectivity index (χ0n) is 15.2. The molecule has 1 fully saturated rings. The molecule has 0 spiro atoms. The summed E-state index contributed by atoms with van der Waals surface area (Å²) in [4.78, 5) is 18.5. The minimum absolute atomic E-state index is 0.161. The molecular formula is C19H21ClFN3O3. The Morgan fingerprint density at radius 2 is 2.22 bits per heavy atom. The van der Waals surface area contributed by atoms with Crippen molar-refractivity contribution in [1.29, 1.82) is 0 Å². The summed E-state index contributed by atoms with van der Waals surface area (Å²) in [6, 6.07) is 7.43. The fourth-order valence-electron chi connectivity index (χ4n) is 2.87. The van der Waals surface area contributed by atoms with Gasteiger partial charge in [0.2, 0.25) is 0 Å². The van der Waals surface area contributed by atoms with Crippen molar-refractivity contribution < 1.29 is 18.7 Å². The van der Waals surface area contributed by atoms with Crippen molar-refractivity contribution >= 4 is 23.4 Å². The van der Waals surface area contributed by atoms with Gasteiger partial charge in [-0.2, -0.15) is 0 Å². The van der Waals surface area contributed by atoms with Crippen molar-refractivity contribution in [3.05, 3.63) is 52.4 Å². The first kappa shape index (κ1) is 19.4. The van der Waals surface area contributed by atoms with Gasteiger partial charge in [0, 0.05) is 18.3 Å². The largest absolute Gasteiger partial charge is 0.489 e. The van der Waals surface area contributed by atoms with Crippen LogP contribution in [0, 0.1) is 19.7 Å². The predicted molar refractivity (Wildman–Crippen MR) is 101 cm³/mol. The summed E-state index contributed by atoms with van der Waals surface area (Å²) in [6.07, 6.45) is -0.337. The van der Waals surface area contributed by atoms with E-state index in [0.29, 0.717) is 30.5 Å². The van der Waals surface area contributed by atoms with E-state index < -0.39 is 5.82 Å². The Labute approximate surface area is 162 Å². The van der Waals surface area contributed by atoms with Crippen LogP contribution in [0.25, 0.3) is 0 Å². The molecule has 8 heteroatoms. The average molecular weight is 394 g/mol. The van der Waals surface area contributed by atoms with Gasteiger partial charge in [0.25, 0.3) is 0 Å². The summed E-state index contributed by atoms with van der Waals surface area (Å²) < 4.78 is 24.5. The van der Waals surface area contributed by atoms with Crippen LogP contribution in [0.5, 0.6) is 5.75 Å². The molecule has 1 N–H and O–H groups in total. The summed E-state index contributed by atoms with van der Waals surface area (Å²) in [5.74, 6) is 0.338. The van der Waals surface area contributed by atoms with Crippen LogP contribution in [-0.4, -0.2) is 48.3 Å². The van der Waals surface area contributed by atoms with Gasteiger partial charge in [-0.25, -0.2) is 14.2 Å². The number of aromatic nitrogens is 1. The smallest absolute Gasteiger partial charge is 0.323 e. The molecular weight excluding hydrogens is 373 g/mol. The summed E-state index contributed by atoms with van der Waals surface area (Å²) in [5.41, 5.74) is 1.86. The second-order valence-corrected chi connectivity index (χ2v) is 6.83. The van der Waals surface area contributed by atoms with Gasteiger partial charge in [-0.05, 0) is 43.7 Å². The van der Waals surface area contributed by atoms with Gasteiger partial charge in [-0.3, -0.25) is 5.32 Å². The molecule has 1 aromatic heterocycles. The van der Waals surface area contributed by atoms with E-state index >= 15 is 0 Å². The van der Waals surface area contributed by atoms with Crippen LogP contribution >= 0.6 is 11.6 Å². The Morgan fingerprint density at radius 3 is 3.00 bits per heavy atom. The van der Waals surface area contributed by atoms with Crippen molar-refractivity contribution in [2.24, 2.45) is 0 Å². The summed E-state index contributed by atoms with van der Waals surface area (Å²) in [6.45, 7) is 5.19. The van der Waals surface area contributed by atoms with Gasteiger partial charge in [0.15, 0.2) is 0 Å². The van der Waals surface area contributed by atoms with E-state index in [1.165, 1.54) is 18.2 Å². The molecule has 2 amide bonds. The molecule has 0 radical (unpaired) electrons. The molecule has 0 aliphatic carbocycles. The number of benzene rings is 1. The Hall–Kier alpha value is -2.38. The zero-order valence-corrected chi connectivity index (χ0v) is 15.9. The molecule has 1 aromatic carbocycles. The Balaban J connectivity index is 1.56. The predicted octanol–water partition coefficient (Wildman–Crippen LogP) is 3.80. The lowest BCUT2D eigenvalue weighted by molar-refractivity contribution is -0.0337. The standard InChI is InChI=1S/C19H21ClFN3O3/c1-12-7-13(2)22-18(8-12)23-19(25)24-5-6-26-15(10-24)11-27-17-9-14(21)3-4-16(17)20/h3-4,7-9,15H,5-6,10-11H2,1-2H3,(H,22,23,25). The maximum absolute atomic E-state index is 13.3. The lowest BCUT2D eigenvalue weighted by atomic mass is 10.2. The average Bonchev–Trinajstić information content (AvgIpc) is 2.62. The molecule has 1 unspecified atom stereocenters. The van der Waals surface area contributed by atoms with E-state index in [2.05, 4.69) is 10.3 Å². The highest BCUT2D eigenvalue weighted by Crippen LogP contribution is 2.25. The summed E-state index contributed by atoms with van der Waals surface area (Å²) >= 11 is 5.99. The molecule has 27 heavy (non-hydrogen) atoms. The Morgan fingerprint density at radius 1 is 1.41 bits per heavy atom. The number of anilines is 1. The molecule has 144 valence electrons. The highest BCUT2D eigenvalue weighted by Gasteiger charge is 2.25. The van der Waals surface area contributed by atoms with E-state index in [9.17, 15) is 9.18 Å². The quantitative estimate of drug-likeness (QED) is 0.858. The molecule has 2 aromatic rings. The normalized spacial score (nSPS) is 16.9. The number of ether oxygens (including phenoxy) is 2. The number of urea groups is 1. The number of pyridine rings is 1. The van der Waals surface area contributed by atoms with E-state index in [0.717, 1.165) is 11.3 Å². The second-order valence-electron chi connectivity index (χ2n) is 6.43. The maximum Gasteiger partial charge on any atom is 0.323 e.